The molecular weight excluding hydrogens is 430 g/mol. The van der Waals surface area contributed by atoms with Gasteiger partial charge in [-0.15, -0.1) is 10.2 Å². The molecule has 31 heavy (non-hydrogen) atoms. The van der Waals surface area contributed by atoms with E-state index in [-0.39, 0.29) is 17.6 Å². The molecule has 1 amide bonds. The van der Waals surface area contributed by atoms with E-state index >= 15 is 0 Å². The first-order valence-electron chi connectivity index (χ1n) is 9.87. The number of nitriles is 1. The summed E-state index contributed by atoms with van der Waals surface area (Å²) in [6.07, 6.45) is 0. The zero-order valence-electron chi connectivity index (χ0n) is 17.9. The molecular formula is C23H24ClN5OS. The maximum Gasteiger partial charge on any atom is 0.231 e. The predicted molar refractivity (Wildman–Crippen MR) is 124 cm³/mol. The van der Waals surface area contributed by atoms with Gasteiger partial charge in [0, 0.05) is 16.3 Å². The summed E-state index contributed by atoms with van der Waals surface area (Å²) >= 11 is 7.31. The van der Waals surface area contributed by atoms with Gasteiger partial charge in [-0.05, 0) is 56.2 Å². The van der Waals surface area contributed by atoms with Crippen LogP contribution >= 0.6 is 23.4 Å². The van der Waals surface area contributed by atoms with E-state index in [1.54, 1.807) is 19.1 Å². The smallest absolute Gasteiger partial charge is 0.231 e. The second-order valence-electron chi connectivity index (χ2n) is 7.79. The Balaban J connectivity index is 1.90. The van der Waals surface area contributed by atoms with Crippen molar-refractivity contribution in [2.75, 3.05) is 5.75 Å². The number of rotatable bonds is 7. The van der Waals surface area contributed by atoms with Crippen LogP contribution in [-0.4, -0.2) is 32.0 Å². The molecule has 0 bridgehead atoms. The Labute approximate surface area is 191 Å². The number of hydrogen-bond acceptors (Lipinski definition) is 5. The van der Waals surface area contributed by atoms with Crippen LogP contribution in [0.5, 0.6) is 0 Å². The zero-order chi connectivity index (χ0) is 22.6. The zero-order valence-corrected chi connectivity index (χ0v) is 19.5. The van der Waals surface area contributed by atoms with Crippen molar-refractivity contribution in [3.8, 4) is 23.1 Å². The molecule has 2 aromatic carbocycles. The third-order valence-corrected chi connectivity index (χ3v) is 6.33. The van der Waals surface area contributed by atoms with Gasteiger partial charge < -0.3 is 5.32 Å². The van der Waals surface area contributed by atoms with Crippen LogP contribution in [0.15, 0.2) is 53.7 Å². The average molecular weight is 454 g/mol. The molecule has 3 aromatic rings. The SMILES string of the molecule is Cc1ccc(-n2c(SCC(=O)N[C@@](C)(C#N)C(C)C)nnc2-c2ccc(Cl)cc2)cc1. The number of nitrogens with zero attached hydrogens (tertiary/aromatic N) is 4. The van der Waals surface area contributed by atoms with Gasteiger partial charge in [-0.1, -0.05) is 54.9 Å². The molecule has 1 heterocycles. The number of halogens is 1. The molecule has 1 atom stereocenters. The van der Waals surface area contributed by atoms with Crippen LogP contribution in [0.3, 0.4) is 0 Å². The van der Waals surface area contributed by atoms with Crippen molar-refractivity contribution in [3.05, 3.63) is 59.1 Å². The Morgan fingerprint density at radius 2 is 1.84 bits per heavy atom. The van der Waals surface area contributed by atoms with Crippen LogP contribution in [0.25, 0.3) is 17.1 Å². The first kappa shape index (κ1) is 22.9. The van der Waals surface area contributed by atoms with Crippen LogP contribution in [0.1, 0.15) is 26.3 Å². The highest BCUT2D eigenvalue weighted by molar-refractivity contribution is 7.99. The summed E-state index contributed by atoms with van der Waals surface area (Å²) in [7, 11) is 0. The largest absolute Gasteiger partial charge is 0.337 e. The molecule has 3 rings (SSSR count). The van der Waals surface area contributed by atoms with E-state index in [0.29, 0.717) is 16.0 Å². The minimum Gasteiger partial charge on any atom is -0.337 e. The van der Waals surface area contributed by atoms with Crippen molar-refractivity contribution in [3.63, 3.8) is 0 Å². The minimum atomic E-state index is -0.920. The highest BCUT2D eigenvalue weighted by Crippen LogP contribution is 2.29. The van der Waals surface area contributed by atoms with Crippen LogP contribution in [0.2, 0.25) is 5.02 Å². The van der Waals surface area contributed by atoms with Crippen LogP contribution in [0, 0.1) is 24.2 Å². The number of benzene rings is 2. The van der Waals surface area contributed by atoms with Gasteiger partial charge >= 0.3 is 0 Å². The maximum absolute atomic E-state index is 12.5. The lowest BCUT2D eigenvalue weighted by Crippen LogP contribution is -2.49. The van der Waals surface area contributed by atoms with Crippen LogP contribution < -0.4 is 5.32 Å². The molecule has 0 aliphatic rings. The van der Waals surface area contributed by atoms with Gasteiger partial charge in [0.15, 0.2) is 11.0 Å². The Morgan fingerprint density at radius 1 is 1.19 bits per heavy atom. The number of aryl methyl sites for hydroxylation is 1. The van der Waals surface area contributed by atoms with Crippen molar-refractivity contribution in [2.24, 2.45) is 5.92 Å². The monoisotopic (exact) mass is 453 g/mol. The number of carbonyl (C=O) groups excluding carboxylic acids is 1. The molecule has 0 radical (unpaired) electrons. The molecule has 0 saturated heterocycles. The van der Waals surface area contributed by atoms with E-state index in [4.69, 9.17) is 11.6 Å². The van der Waals surface area contributed by atoms with Crippen LogP contribution in [0.4, 0.5) is 0 Å². The molecule has 0 spiro atoms. The maximum atomic E-state index is 12.5. The molecule has 0 saturated carbocycles. The summed E-state index contributed by atoms with van der Waals surface area (Å²) in [5, 5.41) is 22.2. The lowest BCUT2D eigenvalue weighted by molar-refractivity contribution is -0.120. The summed E-state index contributed by atoms with van der Waals surface area (Å²) in [5.41, 5.74) is 1.98. The summed E-state index contributed by atoms with van der Waals surface area (Å²) in [6, 6.07) is 17.6. The summed E-state index contributed by atoms with van der Waals surface area (Å²) in [4.78, 5) is 12.5. The highest BCUT2D eigenvalue weighted by atomic mass is 35.5. The van der Waals surface area contributed by atoms with E-state index in [0.717, 1.165) is 16.8 Å². The van der Waals surface area contributed by atoms with Crippen molar-refractivity contribution in [2.45, 2.75) is 38.4 Å². The normalized spacial score (nSPS) is 12.9. The molecule has 6 nitrogen and oxygen atoms in total. The quantitative estimate of drug-likeness (QED) is 0.506. The number of amides is 1. The van der Waals surface area contributed by atoms with E-state index in [2.05, 4.69) is 21.6 Å². The van der Waals surface area contributed by atoms with Gasteiger partial charge in [0.1, 0.15) is 5.54 Å². The van der Waals surface area contributed by atoms with Gasteiger partial charge in [-0.3, -0.25) is 9.36 Å². The molecule has 160 valence electrons. The van der Waals surface area contributed by atoms with Crippen molar-refractivity contribution < 1.29 is 4.79 Å². The Hall–Kier alpha value is -2.82. The van der Waals surface area contributed by atoms with Gasteiger partial charge in [-0.25, -0.2) is 0 Å². The molecule has 0 aliphatic carbocycles. The van der Waals surface area contributed by atoms with E-state index < -0.39 is 5.54 Å². The molecule has 1 N–H and O–H groups in total. The first-order valence-corrected chi connectivity index (χ1v) is 11.2. The van der Waals surface area contributed by atoms with Crippen molar-refractivity contribution in [1.82, 2.24) is 20.1 Å². The molecule has 8 heteroatoms. The highest BCUT2D eigenvalue weighted by Gasteiger charge is 2.30. The summed E-state index contributed by atoms with van der Waals surface area (Å²) in [6.45, 7) is 7.57. The molecule has 0 unspecified atom stereocenters. The Bertz CT molecular complexity index is 1100. The Morgan fingerprint density at radius 3 is 2.42 bits per heavy atom. The topological polar surface area (TPSA) is 83.6 Å². The average Bonchev–Trinajstić information content (AvgIpc) is 3.17. The van der Waals surface area contributed by atoms with Gasteiger partial charge in [0.2, 0.25) is 5.91 Å². The number of nitrogens with one attached hydrogen (secondary N) is 1. The number of carbonyl (C=O) groups is 1. The lowest BCUT2D eigenvalue weighted by atomic mass is 9.90. The Kier molecular flexibility index (Phi) is 7.04. The van der Waals surface area contributed by atoms with Gasteiger partial charge in [-0.2, -0.15) is 5.26 Å². The van der Waals surface area contributed by atoms with E-state index in [9.17, 15) is 10.1 Å². The van der Waals surface area contributed by atoms with Gasteiger partial charge in [0.05, 0.1) is 11.8 Å². The van der Waals surface area contributed by atoms with Crippen LogP contribution in [-0.2, 0) is 4.79 Å². The molecule has 1 aromatic heterocycles. The van der Waals surface area contributed by atoms with Crippen molar-refractivity contribution in [1.29, 1.82) is 5.26 Å². The first-order chi connectivity index (χ1) is 14.7. The van der Waals surface area contributed by atoms with Gasteiger partial charge in [0.25, 0.3) is 0 Å². The number of hydrogen-bond donors (Lipinski definition) is 1. The summed E-state index contributed by atoms with van der Waals surface area (Å²) < 4.78 is 1.92. The standard InChI is InChI=1S/C23H24ClN5OS/c1-15(2)23(4,14-25)26-20(30)13-31-22-28-27-21(17-7-9-18(24)10-8-17)29(22)19-11-5-16(3)6-12-19/h5-12,15H,13H2,1-4H3,(H,26,30)/t23-/m0/s1. The second kappa shape index (κ2) is 9.54. The summed E-state index contributed by atoms with van der Waals surface area (Å²) in [5.74, 6) is 0.537. The minimum absolute atomic E-state index is 0.0147. The van der Waals surface area contributed by atoms with Crippen molar-refractivity contribution >= 4 is 29.3 Å². The predicted octanol–water partition coefficient (Wildman–Crippen LogP) is 5.04. The van der Waals surface area contributed by atoms with E-state index in [1.807, 2.05) is 61.7 Å². The van der Waals surface area contributed by atoms with E-state index in [1.165, 1.54) is 11.8 Å². The molecule has 0 aliphatic heterocycles. The number of thioether (sulfide) groups is 1. The fourth-order valence-electron chi connectivity index (χ4n) is 2.83. The second-order valence-corrected chi connectivity index (χ2v) is 9.17. The third kappa shape index (κ3) is 5.27. The lowest BCUT2D eigenvalue weighted by Gasteiger charge is -2.27. The number of aromatic nitrogens is 3. The molecule has 0 fully saturated rings. The fraction of sp³-hybridized carbons (Fsp3) is 0.304. The fourth-order valence-corrected chi connectivity index (χ4v) is 3.71. The third-order valence-electron chi connectivity index (χ3n) is 5.15.